The highest BCUT2D eigenvalue weighted by Gasteiger charge is 2.35. The van der Waals surface area contributed by atoms with Crippen molar-refractivity contribution in [3.05, 3.63) is 64.1 Å². The van der Waals surface area contributed by atoms with E-state index in [-0.39, 0.29) is 4.88 Å². The number of carbonyl (C=O) groups excluding carboxylic acids is 1. The number of benzene rings is 2. The molecule has 0 saturated heterocycles. The number of hydrogen-bond acceptors (Lipinski definition) is 3. The van der Waals surface area contributed by atoms with Crippen LogP contribution in [0.5, 0.6) is 0 Å². The van der Waals surface area contributed by atoms with Crippen LogP contribution >= 0.6 is 11.3 Å². The highest BCUT2D eigenvalue weighted by atomic mass is 32.1. The summed E-state index contributed by atoms with van der Waals surface area (Å²) < 4.78 is 37.5. The molecule has 1 aromatic heterocycles. The molecule has 2 aromatic carbocycles. The van der Waals surface area contributed by atoms with Gasteiger partial charge in [0.15, 0.2) is 5.01 Å². The van der Waals surface area contributed by atoms with Crippen LogP contribution in [0.25, 0.3) is 10.8 Å². The predicted molar refractivity (Wildman–Crippen MR) is 74.5 cm³/mol. The van der Waals surface area contributed by atoms with E-state index >= 15 is 0 Å². The number of ketones is 1. The zero-order chi connectivity index (χ0) is 15.0. The number of rotatable bonds is 2. The van der Waals surface area contributed by atoms with Crippen molar-refractivity contribution in [1.82, 2.24) is 4.98 Å². The maximum atomic E-state index is 12.5. The van der Waals surface area contributed by atoms with Crippen molar-refractivity contribution in [2.75, 3.05) is 0 Å². The third-order valence-corrected chi connectivity index (χ3v) is 4.02. The summed E-state index contributed by atoms with van der Waals surface area (Å²) in [5, 5.41) is 0.824. The Hall–Kier alpha value is -2.21. The van der Waals surface area contributed by atoms with Gasteiger partial charge in [0.2, 0.25) is 5.78 Å². The Morgan fingerprint density at radius 1 is 1.05 bits per heavy atom. The molecule has 0 fully saturated rings. The minimum Gasteiger partial charge on any atom is -0.288 e. The van der Waals surface area contributed by atoms with E-state index in [9.17, 15) is 18.0 Å². The molecule has 6 heteroatoms. The largest absolute Gasteiger partial charge is 0.443 e. The number of halogens is 3. The first-order chi connectivity index (χ1) is 9.95. The Morgan fingerprint density at radius 3 is 2.43 bits per heavy atom. The van der Waals surface area contributed by atoms with Crippen molar-refractivity contribution < 1.29 is 18.0 Å². The first-order valence-corrected chi connectivity index (χ1v) is 6.83. The maximum Gasteiger partial charge on any atom is 0.443 e. The van der Waals surface area contributed by atoms with Gasteiger partial charge in [-0.1, -0.05) is 36.4 Å². The molecule has 1 heterocycles. The third-order valence-electron chi connectivity index (χ3n) is 2.98. The number of carbonyl (C=O) groups is 1. The van der Waals surface area contributed by atoms with Gasteiger partial charge in [0, 0.05) is 11.8 Å². The fourth-order valence-corrected chi connectivity index (χ4v) is 2.73. The summed E-state index contributed by atoms with van der Waals surface area (Å²) in [5.41, 5.74) is 0.353. The van der Waals surface area contributed by atoms with Gasteiger partial charge in [-0.2, -0.15) is 13.2 Å². The second kappa shape index (κ2) is 4.96. The van der Waals surface area contributed by atoms with Crippen LogP contribution in [0, 0.1) is 0 Å². The van der Waals surface area contributed by atoms with Crippen LogP contribution in [0.1, 0.15) is 20.2 Å². The number of hydrogen-bond donors (Lipinski definition) is 0. The van der Waals surface area contributed by atoms with Gasteiger partial charge in [-0.15, -0.1) is 11.3 Å². The third kappa shape index (κ3) is 2.67. The fraction of sp³-hybridized carbons (Fsp3) is 0.0667. The van der Waals surface area contributed by atoms with Gasteiger partial charge >= 0.3 is 6.18 Å². The molecule has 2 nitrogen and oxygen atoms in total. The average molecular weight is 307 g/mol. The molecule has 0 N–H and O–H groups in total. The number of alkyl halides is 3. The van der Waals surface area contributed by atoms with Crippen molar-refractivity contribution in [2.24, 2.45) is 0 Å². The molecule has 0 atom stereocenters. The van der Waals surface area contributed by atoms with Gasteiger partial charge in [-0.3, -0.25) is 4.79 Å². The maximum absolute atomic E-state index is 12.5. The number of fused-ring (bicyclic) bond motifs is 1. The Balaban J connectivity index is 1.98. The second-order valence-corrected chi connectivity index (χ2v) is 5.45. The smallest absolute Gasteiger partial charge is 0.288 e. The highest BCUT2D eigenvalue weighted by molar-refractivity contribution is 7.14. The Bertz CT molecular complexity index is 823. The van der Waals surface area contributed by atoms with Crippen LogP contribution in [-0.4, -0.2) is 10.8 Å². The highest BCUT2D eigenvalue weighted by Crippen LogP contribution is 2.33. The SMILES string of the molecule is O=C(c1ccc2ccccc2c1)c1cnc(C(F)(F)F)s1. The molecule has 0 aliphatic carbocycles. The van der Waals surface area contributed by atoms with E-state index in [0.29, 0.717) is 16.9 Å². The molecule has 0 radical (unpaired) electrons. The van der Waals surface area contributed by atoms with Crippen LogP contribution in [0.4, 0.5) is 13.2 Å². The summed E-state index contributed by atoms with van der Waals surface area (Å²) in [6, 6.07) is 12.5. The molecule has 3 aromatic rings. The van der Waals surface area contributed by atoms with E-state index in [1.165, 1.54) is 0 Å². The van der Waals surface area contributed by atoms with Gasteiger partial charge in [-0.25, -0.2) is 4.98 Å². The van der Waals surface area contributed by atoms with Crippen molar-refractivity contribution in [3.8, 4) is 0 Å². The van der Waals surface area contributed by atoms with Crippen molar-refractivity contribution in [1.29, 1.82) is 0 Å². The van der Waals surface area contributed by atoms with Gasteiger partial charge in [0.1, 0.15) is 0 Å². The molecule has 0 aliphatic heterocycles. The van der Waals surface area contributed by atoms with Gasteiger partial charge in [-0.05, 0) is 16.8 Å². The number of nitrogens with zero attached hydrogens (tertiary/aromatic N) is 1. The minimum absolute atomic E-state index is 0.0161. The molecule has 21 heavy (non-hydrogen) atoms. The van der Waals surface area contributed by atoms with Crippen LogP contribution < -0.4 is 0 Å². The lowest BCUT2D eigenvalue weighted by molar-refractivity contribution is -0.137. The van der Waals surface area contributed by atoms with Crippen molar-refractivity contribution in [3.63, 3.8) is 0 Å². The van der Waals surface area contributed by atoms with Crippen LogP contribution in [0.15, 0.2) is 48.7 Å². The first-order valence-electron chi connectivity index (χ1n) is 6.02. The second-order valence-electron chi connectivity index (χ2n) is 4.42. The molecule has 0 unspecified atom stereocenters. The molecular formula is C15H8F3NOS. The lowest BCUT2D eigenvalue weighted by Crippen LogP contribution is -2.03. The molecular weight excluding hydrogens is 299 g/mol. The summed E-state index contributed by atoms with van der Waals surface area (Å²) >= 11 is 0.363. The standard InChI is InChI=1S/C15H8F3NOS/c16-15(17,18)14-19-8-12(21-14)13(20)11-6-5-9-3-1-2-4-10(9)7-11/h1-8H. The quantitative estimate of drug-likeness (QED) is 0.650. The van der Waals surface area contributed by atoms with Crippen molar-refractivity contribution in [2.45, 2.75) is 6.18 Å². The van der Waals surface area contributed by atoms with Gasteiger partial charge in [0.25, 0.3) is 0 Å². The van der Waals surface area contributed by atoms with Crippen LogP contribution in [-0.2, 0) is 6.18 Å². The zero-order valence-corrected chi connectivity index (χ0v) is 11.3. The molecule has 0 saturated carbocycles. The lowest BCUT2D eigenvalue weighted by atomic mass is 10.0. The van der Waals surface area contributed by atoms with E-state index in [0.717, 1.165) is 17.0 Å². The predicted octanol–water partition coefficient (Wildman–Crippen LogP) is 4.55. The minimum atomic E-state index is -4.52. The lowest BCUT2D eigenvalue weighted by Gasteiger charge is -2.01. The van der Waals surface area contributed by atoms with Gasteiger partial charge < -0.3 is 0 Å². The first kappa shape index (κ1) is 13.8. The zero-order valence-electron chi connectivity index (χ0n) is 10.5. The summed E-state index contributed by atoms with van der Waals surface area (Å²) in [5.74, 6) is -0.450. The average Bonchev–Trinajstić information content (AvgIpc) is 2.96. The van der Waals surface area contributed by atoms with Crippen LogP contribution in [0.2, 0.25) is 0 Å². The molecule has 0 aliphatic rings. The van der Waals surface area contributed by atoms with E-state index < -0.39 is 17.0 Å². The normalized spacial score (nSPS) is 11.8. The monoisotopic (exact) mass is 307 g/mol. The molecule has 0 spiro atoms. The van der Waals surface area contributed by atoms with Crippen LogP contribution in [0.3, 0.4) is 0 Å². The van der Waals surface area contributed by atoms with E-state index in [2.05, 4.69) is 4.98 Å². The van der Waals surface area contributed by atoms with E-state index in [1.54, 1.807) is 18.2 Å². The molecule has 0 amide bonds. The summed E-state index contributed by atoms with van der Waals surface area (Å²) in [4.78, 5) is 15.5. The molecule has 106 valence electrons. The Kier molecular flexibility index (Phi) is 3.25. The fourth-order valence-electron chi connectivity index (χ4n) is 1.98. The van der Waals surface area contributed by atoms with E-state index in [4.69, 9.17) is 0 Å². The Morgan fingerprint density at radius 2 is 1.76 bits per heavy atom. The number of thiazole rings is 1. The number of aromatic nitrogens is 1. The summed E-state index contributed by atoms with van der Waals surface area (Å²) in [7, 11) is 0. The summed E-state index contributed by atoms with van der Waals surface area (Å²) in [6.45, 7) is 0. The van der Waals surface area contributed by atoms with E-state index in [1.807, 2.05) is 24.3 Å². The molecule has 3 rings (SSSR count). The topological polar surface area (TPSA) is 30.0 Å². The Labute approximate surface area is 121 Å². The summed E-state index contributed by atoms with van der Waals surface area (Å²) in [6.07, 6.45) is -3.54. The van der Waals surface area contributed by atoms with Gasteiger partial charge in [0.05, 0.1) is 4.88 Å². The van der Waals surface area contributed by atoms with Crippen molar-refractivity contribution >= 4 is 27.9 Å². The molecule has 0 bridgehead atoms.